The van der Waals surface area contributed by atoms with Crippen LogP contribution in [0.1, 0.15) is 7.43 Å². The van der Waals surface area contributed by atoms with Crippen LogP contribution in [-0.2, 0) is 18.9 Å². The van der Waals surface area contributed by atoms with Crippen LogP contribution in [0, 0.1) is 0 Å². The molecule has 6 heteroatoms. The number of hydrogen-bond donors (Lipinski definition) is 0. The minimum atomic E-state index is -0.640. The molecule has 0 aromatic rings. The van der Waals surface area contributed by atoms with Crippen molar-refractivity contribution in [2.24, 2.45) is 0 Å². The van der Waals surface area contributed by atoms with Crippen LogP contribution in [0.3, 0.4) is 0 Å². The molecule has 0 bridgehead atoms. The Morgan fingerprint density at radius 3 is 2.85 bits per heavy atom. The van der Waals surface area contributed by atoms with E-state index in [9.17, 15) is 4.79 Å². The van der Waals surface area contributed by atoms with Crippen molar-refractivity contribution in [1.82, 2.24) is 0 Å². The zero-order valence-corrected chi connectivity index (χ0v) is 6.52. The molecule has 0 spiro atoms. The van der Waals surface area contributed by atoms with Crippen molar-refractivity contribution < 1.29 is 23.7 Å². The van der Waals surface area contributed by atoms with Crippen LogP contribution in [0.5, 0.6) is 0 Å². The molecule has 1 aliphatic rings. The first-order valence-corrected chi connectivity index (χ1v) is 3.55. The van der Waals surface area contributed by atoms with E-state index < -0.39 is 6.16 Å². The largest absolute Gasteiger partial charge is 0.508 e. The third-order valence-electron chi connectivity index (χ3n) is 1.30. The lowest BCUT2D eigenvalue weighted by Gasteiger charge is -2.06. The molecule has 1 atom stereocenters. The van der Waals surface area contributed by atoms with E-state index in [1.807, 2.05) is 0 Å². The predicted molar refractivity (Wildman–Crippen MR) is 45.5 cm³/mol. The lowest BCUT2D eigenvalue weighted by Crippen LogP contribution is -2.19. The van der Waals surface area contributed by atoms with E-state index in [-0.39, 0.29) is 20.1 Å². The molecule has 1 unspecified atom stereocenters. The highest BCUT2D eigenvalue weighted by atomic mass is 16.8. The van der Waals surface area contributed by atoms with Crippen molar-refractivity contribution in [1.29, 1.82) is 0 Å². The Morgan fingerprint density at radius 1 is 1.54 bits per heavy atom. The molecule has 2 radical (unpaired) electrons. The van der Waals surface area contributed by atoms with Crippen LogP contribution in [0.4, 0.5) is 4.79 Å². The highest BCUT2D eigenvalue weighted by Crippen LogP contribution is 2.05. The molecule has 0 N–H and O–H groups in total. The predicted octanol–water partition coefficient (Wildman–Crippen LogP) is 0.275. The van der Waals surface area contributed by atoms with Gasteiger partial charge in [-0.15, -0.1) is 0 Å². The van der Waals surface area contributed by atoms with Gasteiger partial charge in [0, 0.05) is 0 Å². The van der Waals surface area contributed by atoms with Gasteiger partial charge in [-0.3, -0.25) is 0 Å². The van der Waals surface area contributed by atoms with E-state index in [2.05, 4.69) is 14.1 Å². The minimum Gasteiger partial charge on any atom is -0.445 e. The standard InChI is InChI=1S/C6H9BO5.CH4/c7-11-2-1-9-3-5-4-10-6(8)12-5;/h5H,1-4H2;1H4. The van der Waals surface area contributed by atoms with E-state index in [1.54, 1.807) is 0 Å². The third kappa shape index (κ3) is 4.74. The SMILES string of the molecule is C.[B]OCCOCC1COC(=O)O1. The second kappa shape index (κ2) is 6.74. The number of hydrogen-bond acceptors (Lipinski definition) is 5. The maximum Gasteiger partial charge on any atom is 0.508 e. The smallest absolute Gasteiger partial charge is 0.445 e. The molecule has 1 fully saturated rings. The molecule has 1 aliphatic heterocycles. The van der Waals surface area contributed by atoms with E-state index >= 15 is 0 Å². The van der Waals surface area contributed by atoms with Gasteiger partial charge >= 0.3 is 6.16 Å². The molecule has 74 valence electrons. The van der Waals surface area contributed by atoms with Crippen LogP contribution < -0.4 is 0 Å². The van der Waals surface area contributed by atoms with Crippen LogP contribution in [0.25, 0.3) is 0 Å². The average Bonchev–Trinajstić information content (AvgIpc) is 2.45. The van der Waals surface area contributed by atoms with Crippen LogP contribution in [0.15, 0.2) is 0 Å². The van der Waals surface area contributed by atoms with Gasteiger partial charge in [0.15, 0.2) is 6.10 Å². The molecule has 1 rings (SSSR count). The van der Waals surface area contributed by atoms with E-state index in [1.165, 1.54) is 0 Å². The summed E-state index contributed by atoms with van der Waals surface area (Å²) < 4.78 is 18.5. The molecule has 5 nitrogen and oxygen atoms in total. The second-order valence-electron chi connectivity index (χ2n) is 2.25. The lowest BCUT2D eigenvalue weighted by atomic mass is 10.4. The number of rotatable bonds is 5. The molecule has 0 saturated carbocycles. The van der Waals surface area contributed by atoms with Crippen molar-refractivity contribution in [3.63, 3.8) is 0 Å². The van der Waals surface area contributed by atoms with Crippen LogP contribution in [0.2, 0.25) is 0 Å². The summed E-state index contributed by atoms with van der Waals surface area (Å²) in [5.41, 5.74) is 0. The summed E-state index contributed by atoms with van der Waals surface area (Å²) in [7, 11) is 4.75. The highest BCUT2D eigenvalue weighted by Gasteiger charge is 2.24. The molecule has 0 aliphatic carbocycles. The Labute approximate surface area is 78.7 Å². The fraction of sp³-hybridized carbons (Fsp3) is 0.857. The van der Waals surface area contributed by atoms with Crippen molar-refractivity contribution in [3.8, 4) is 0 Å². The Bertz CT molecular complexity index is 152. The number of carbonyl (C=O) groups is 1. The third-order valence-corrected chi connectivity index (χ3v) is 1.30. The molecule has 0 aromatic carbocycles. The Morgan fingerprint density at radius 2 is 2.31 bits per heavy atom. The normalized spacial score (nSPS) is 20.3. The first-order chi connectivity index (χ1) is 5.83. The Kier molecular flexibility index (Phi) is 6.35. The Balaban J connectivity index is 0.00000144. The molecule has 1 saturated heterocycles. The molecular weight excluding hydrogens is 175 g/mol. The molecule has 0 amide bonds. The summed E-state index contributed by atoms with van der Waals surface area (Å²) >= 11 is 0. The van der Waals surface area contributed by atoms with Gasteiger partial charge < -0.3 is 18.9 Å². The number of cyclic esters (lactones) is 2. The van der Waals surface area contributed by atoms with Gasteiger partial charge in [0.05, 0.1) is 19.8 Å². The first kappa shape index (κ1) is 12.3. The number of carbonyl (C=O) groups excluding carboxylic acids is 1. The van der Waals surface area contributed by atoms with Gasteiger partial charge in [0.1, 0.15) is 6.61 Å². The van der Waals surface area contributed by atoms with Crippen molar-refractivity contribution in [3.05, 3.63) is 0 Å². The quantitative estimate of drug-likeness (QED) is 0.352. The first-order valence-electron chi connectivity index (χ1n) is 3.55. The number of ether oxygens (including phenoxy) is 3. The summed E-state index contributed by atoms with van der Waals surface area (Å²) in [4.78, 5) is 10.4. The average molecular weight is 188 g/mol. The summed E-state index contributed by atoms with van der Waals surface area (Å²) in [5, 5.41) is 0. The van der Waals surface area contributed by atoms with Crippen LogP contribution in [-0.4, -0.2) is 46.7 Å². The molecule has 1 heterocycles. The molecule has 13 heavy (non-hydrogen) atoms. The van der Waals surface area contributed by atoms with E-state index in [0.29, 0.717) is 19.8 Å². The van der Waals surface area contributed by atoms with Crippen molar-refractivity contribution >= 4 is 14.2 Å². The highest BCUT2D eigenvalue weighted by molar-refractivity contribution is 5.97. The van der Waals surface area contributed by atoms with Crippen LogP contribution >= 0.6 is 0 Å². The van der Waals surface area contributed by atoms with Gasteiger partial charge in [-0.1, -0.05) is 7.43 Å². The monoisotopic (exact) mass is 188 g/mol. The lowest BCUT2D eigenvalue weighted by molar-refractivity contribution is 0.0347. The molecular formula is C7H13BO5. The Hall–Kier alpha value is -0.745. The van der Waals surface area contributed by atoms with Crippen molar-refractivity contribution in [2.45, 2.75) is 13.5 Å². The zero-order chi connectivity index (χ0) is 8.81. The van der Waals surface area contributed by atoms with Gasteiger partial charge in [0.2, 0.25) is 0 Å². The van der Waals surface area contributed by atoms with Gasteiger partial charge in [-0.05, 0) is 0 Å². The minimum absolute atomic E-state index is 0. The summed E-state index contributed by atoms with van der Waals surface area (Å²) in [5.74, 6) is 0. The topological polar surface area (TPSA) is 54.0 Å². The fourth-order valence-corrected chi connectivity index (χ4v) is 0.769. The summed E-state index contributed by atoms with van der Waals surface area (Å²) in [6, 6.07) is 0. The van der Waals surface area contributed by atoms with Gasteiger partial charge in [-0.25, -0.2) is 4.79 Å². The summed E-state index contributed by atoms with van der Waals surface area (Å²) in [6.07, 6.45) is -0.936. The summed E-state index contributed by atoms with van der Waals surface area (Å²) in [6.45, 7) is 1.27. The maximum atomic E-state index is 10.4. The van der Waals surface area contributed by atoms with Gasteiger partial charge in [0.25, 0.3) is 8.05 Å². The molecule has 0 aromatic heterocycles. The van der Waals surface area contributed by atoms with Crippen molar-refractivity contribution in [2.75, 3.05) is 26.4 Å². The zero-order valence-electron chi connectivity index (χ0n) is 6.52. The van der Waals surface area contributed by atoms with E-state index in [0.717, 1.165) is 0 Å². The second-order valence-corrected chi connectivity index (χ2v) is 2.25. The van der Waals surface area contributed by atoms with Gasteiger partial charge in [-0.2, -0.15) is 0 Å². The fourth-order valence-electron chi connectivity index (χ4n) is 0.769. The maximum absolute atomic E-state index is 10.4. The van der Waals surface area contributed by atoms with E-state index in [4.69, 9.17) is 12.8 Å².